The quantitative estimate of drug-likeness (QED) is 0.170. The van der Waals surface area contributed by atoms with Crippen LogP contribution in [-0.2, 0) is 10.8 Å². The molecule has 0 spiro atoms. The second-order valence-corrected chi connectivity index (χ2v) is 17.5. The molecule has 2 aliphatic rings. The molecule has 1 aromatic heterocycles. The molecule has 0 N–H and O–H groups in total. The van der Waals surface area contributed by atoms with Gasteiger partial charge < -0.3 is 4.90 Å². The lowest BCUT2D eigenvalue weighted by Crippen LogP contribution is -2.16. The Labute approximate surface area is 333 Å². The van der Waals surface area contributed by atoms with E-state index in [1.807, 2.05) is 11.3 Å². The molecular weight excluding hydrogens is 695 g/mol. The van der Waals surface area contributed by atoms with Gasteiger partial charge >= 0.3 is 0 Å². The summed E-state index contributed by atoms with van der Waals surface area (Å²) in [6.45, 7) is 9.48. The van der Waals surface area contributed by atoms with Crippen LogP contribution in [0.3, 0.4) is 0 Å². The van der Waals surface area contributed by atoms with Gasteiger partial charge in [-0.2, -0.15) is 0 Å². The van der Waals surface area contributed by atoms with Crippen LogP contribution in [0.2, 0.25) is 0 Å². The van der Waals surface area contributed by atoms with Gasteiger partial charge in [0, 0.05) is 47.8 Å². The minimum absolute atomic E-state index is 0.0892. The molecule has 0 aliphatic heterocycles. The zero-order valence-corrected chi connectivity index (χ0v) is 32.9. The molecule has 0 saturated carbocycles. The van der Waals surface area contributed by atoms with Crippen LogP contribution >= 0.6 is 11.3 Å². The van der Waals surface area contributed by atoms with Crippen molar-refractivity contribution in [2.24, 2.45) is 0 Å². The normalized spacial score (nSPS) is 14.4. The topological polar surface area (TPSA) is 3.24 Å². The van der Waals surface area contributed by atoms with Gasteiger partial charge in [0.15, 0.2) is 0 Å². The number of rotatable bonds is 5. The van der Waals surface area contributed by atoms with E-state index in [4.69, 9.17) is 0 Å². The molecule has 268 valence electrons. The standard InChI is InChI=1S/C54H41NS/c1-53(2)45-25-10-6-21-43(45)51-46(53)26-15-28-49(51)55(36-17-13-16-34(32-36)38-22-14-23-42-41-20-8-12-29-50(41)56-52(38)42)48-27-11-7-18-37(48)35-30-31-40-39-19-5-9-24-44(39)54(3,4)47(40)33-35/h5-33H,1-4H3. The Balaban J connectivity index is 1.15. The highest BCUT2D eigenvalue weighted by Gasteiger charge is 2.39. The lowest BCUT2D eigenvalue weighted by Gasteiger charge is -2.31. The lowest BCUT2D eigenvalue weighted by atomic mass is 9.81. The summed E-state index contributed by atoms with van der Waals surface area (Å²) in [7, 11) is 0. The first kappa shape index (κ1) is 33.1. The van der Waals surface area contributed by atoms with E-state index in [1.54, 1.807) is 0 Å². The molecule has 0 atom stereocenters. The third-order valence-corrected chi connectivity index (χ3v) is 13.9. The van der Waals surface area contributed by atoms with Gasteiger partial charge in [0.25, 0.3) is 0 Å². The summed E-state index contributed by atoms with van der Waals surface area (Å²) in [6.07, 6.45) is 0. The maximum atomic E-state index is 2.54. The third-order valence-electron chi connectivity index (χ3n) is 12.7. The molecule has 1 heterocycles. The Morgan fingerprint density at radius 2 is 0.964 bits per heavy atom. The summed E-state index contributed by atoms with van der Waals surface area (Å²) in [5.74, 6) is 0. The van der Waals surface area contributed by atoms with E-state index in [0.717, 1.165) is 11.4 Å². The molecule has 0 unspecified atom stereocenters. The van der Waals surface area contributed by atoms with Gasteiger partial charge in [-0.15, -0.1) is 11.3 Å². The Kier molecular flexibility index (Phi) is 7.18. The molecule has 1 nitrogen and oxygen atoms in total. The van der Waals surface area contributed by atoms with Gasteiger partial charge in [-0.05, 0) is 92.0 Å². The maximum Gasteiger partial charge on any atom is 0.0543 e. The average Bonchev–Trinajstić information content (AvgIpc) is 3.81. The summed E-state index contributed by atoms with van der Waals surface area (Å²) < 4.78 is 2.65. The van der Waals surface area contributed by atoms with Crippen LogP contribution in [0.25, 0.3) is 64.7 Å². The van der Waals surface area contributed by atoms with E-state index in [0.29, 0.717) is 0 Å². The molecule has 0 amide bonds. The Morgan fingerprint density at radius 3 is 1.82 bits per heavy atom. The van der Waals surface area contributed by atoms with E-state index in [9.17, 15) is 0 Å². The summed E-state index contributed by atoms with van der Waals surface area (Å²) >= 11 is 1.89. The molecule has 8 aromatic carbocycles. The van der Waals surface area contributed by atoms with Crippen molar-refractivity contribution in [1.29, 1.82) is 0 Å². The third kappa shape index (κ3) is 4.72. The molecule has 2 heteroatoms. The summed E-state index contributed by atoms with van der Waals surface area (Å²) in [5, 5.41) is 2.64. The van der Waals surface area contributed by atoms with Gasteiger partial charge in [-0.1, -0.05) is 167 Å². The van der Waals surface area contributed by atoms with E-state index < -0.39 is 0 Å². The lowest BCUT2D eigenvalue weighted by molar-refractivity contribution is 0.660. The van der Waals surface area contributed by atoms with Crippen molar-refractivity contribution in [3.05, 3.63) is 198 Å². The van der Waals surface area contributed by atoms with Gasteiger partial charge in [0.2, 0.25) is 0 Å². The molecule has 0 saturated heterocycles. The van der Waals surface area contributed by atoms with Crippen molar-refractivity contribution < 1.29 is 0 Å². The van der Waals surface area contributed by atoms with Crippen LogP contribution in [0.5, 0.6) is 0 Å². The van der Waals surface area contributed by atoms with Gasteiger partial charge in [-0.3, -0.25) is 0 Å². The molecule has 11 rings (SSSR count). The SMILES string of the molecule is CC1(C)c2ccccc2-c2ccc(-c3ccccc3N(c3cccc(-c4cccc5c4sc4ccccc45)c3)c3cccc4c3-c3ccccc3C4(C)C)cc21. The van der Waals surface area contributed by atoms with Crippen LogP contribution in [0, 0.1) is 0 Å². The minimum Gasteiger partial charge on any atom is -0.309 e. The number of thiophene rings is 1. The fourth-order valence-electron chi connectivity index (χ4n) is 9.90. The number of para-hydroxylation sites is 1. The van der Waals surface area contributed by atoms with Crippen molar-refractivity contribution in [3.8, 4) is 44.5 Å². The largest absolute Gasteiger partial charge is 0.309 e. The number of hydrogen-bond acceptors (Lipinski definition) is 2. The maximum absolute atomic E-state index is 2.54. The summed E-state index contributed by atoms with van der Waals surface area (Å²) in [5.41, 5.74) is 19.0. The van der Waals surface area contributed by atoms with Crippen molar-refractivity contribution in [1.82, 2.24) is 0 Å². The first-order valence-corrected chi connectivity index (χ1v) is 20.5. The average molecular weight is 736 g/mol. The fourth-order valence-corrected chi connectivity index (χ4v) is 11.1. The van der Waals surface area contributed by atoms with Crippen molar-refractivity contribution in [2.75, 3.05) is 4.90 Å². The second-order valence-electron chi connectivity index (χ2n) is 16.5. The predicted molar refractivity (Wildman–Crippen MR) is 240 cm³/mol. The Hall–Kier alpha value is -6.22. The number of benzene rings is 8. The minimum atomic E-state index is -0.119. The van der Waals surface area contributed by atoms with Crippen LogP contribution in [0.1, 0.15) is 49.9 Å². The van der Waals surface area contributed by atoms with Crippen molar-refractivity contribution in [2.45, 2.75) is 38.5 Å². The Morgan fingerprint density at radius 1 is 0.393 bits per heavy atom. The monoisotopic (exact) mass is 735 g/mol. The van der Waals surface area contributed by atoms with Crippen LogP contribution in [0.4, 0.5) is 17.1 Å². The number of fused-ring (bicyclic) bond motifs is 9. The zero-order valence-electron chi connectivity index (χ0n) is 32.1. The number of nitrogens with zero attached hydrogens (tertiary/aromatic N) is 1. The zero-order chi connectivity index (χ0) is 37.8. The molecular formula is C54H41NS. The molecule has 9 aromatic rings. The van der Waals surface area contributed by atoms with Gasteiger partial charge in [-0.25, -0.2) is 0 Å². The molecule has 0 radical (unpaired) electrons. The highest BCUT2D eigenvalue weighted by Crippen LogP contribution is 2.56. The second kappa shape index (κ2) is 12.1. The van der Waals surface area contributed by atoms with Crippen molar-refractivity contribution in [3.63, 3.8) is 0 Å². The van der Waals surface area contributed by atoms with Gasteiger partial charge in [0.1, 0.15) is 0 Å². The molecule has 0 bridgehead atoms. The molecule has 2 aliphatic carbocycles. The van der Waals surface area contributed by atoms with Gasteiger partial charge in [0.05, 0.1) is 11.4 Å². The number of anilines is 3. The smallest absolute Gasteiger partial charge is 0.0543 e. The fraction of sp³-hybridized carbons (Fsp3) is 0.111. The predicted octanol–water partition coefficient (Wildman–Crippen LogP) is 15.5. The van der Waals surface area contributed by atoms with E-state index in [1.165, 1.54) is 92.6 Å². The molecule has 56 heavy (non-hydrogen) atoms. The highest BCUT2D eigenvalue weighted by atomic mass is 32.1. The Bertz CT molecular complexity index is 3050. The van der Waals surface area contributed by atoms with E-state index in [-0.39, 0.29) is 10.8 Å². The number of hydrogen-bond donors (Lipinski definition) is 0. The first-order valence-electron chi connectivity index (χ1n) is 19.7. The highest BCUT2D eigenvalue weighted by molar-refractivity contribution is 7.26. The van der Waals surface area contributed by atoms with Crippen LogP contribution in [0.15, 0.2) is 176 Å². The van der Waals surface area contributed by atoms with Crippen LogP contribution < -0.4 is 4.90 Å². The summed E-state index contributed by atoms with van der Waals surface area (Å²) in [4.78, 5) is 2.54. The summed E-state index contributed by atoms with van der Waals surface area (Å²) in [6, 6.07) is 65.8. The molecule has 0 fully saturated rings. The van der Waals surface area contributed by atoms with Crippen molar-refractivity contribution >= 4 is 48.6 Å². The van der Waals surface area contributed by atoms with Crippen LogP contribution in [-0.4, -0.2) is 0 Å². The first-order chi connectivity index (χ1) is 27.3. The van der Waals surface area contributed by atoms with E-state index >= 15 is 0 Å². The van der Waals surface area contributed by atoms with E-state index in [2.05, 4.69) is 209 Å².